The van der Waals surface area contributed by atoms with Crippen molar-refractivity contribution in [2.24, 2.45) is 0 Å². The monoisotopic (exact) mass is 477 g/mol. The highest BCUT2D eigenvalue weighted by atomic mass is 32.1. The van der Waals surface area contributed by atoms with Crippen LogP contribution < -0.4 is 0 Å². The average molecular weight is 478 g/mol. The molecule has 0 fully saturated rings. The van der Waals surface area contributed by atoms with Gasteiger partial charge in [0.25, 0.3) is 0 Å². The van der Waals surface area contributed by atoms with Gasteiger partial charge in [-0.25, -0.2) is 9.97 Å². The van der Waals surface area contributed by atoms with E-state index >= 15 is 0 Å². The van der Waals surface area contributed by atoms with Gasteiger partial charge in [0, 0.05) is 54.3 Å². The highest BCUT2D eigenvalue weighted by molar-refractivity contribution is 7.27. The highest BCUT2D eigenvalue weighted by Gasteiger charge is 2.22. The number of aromatic nitrogens is 3. The first-order chi connectivity index (χ1) is 17.9. The van der Waals surface area contributed by atoms with Gasteiger partial charge in [-0.15, -0.1) is 11.3 Å². The summed E-state index contributed by atoms with van der Waals surface area (Å²) >= 11 is 1.87. The number of thiophene rings is 1. The van der Waals surface area contributed by atoms with Crippen molar-refractivity contribution >= 4 is 64.1 Å². The van der Waals surface area contributed by atoms with Crippen LogP contribution in [0.15, 0.2) is 116 Å². The van der Waals surface area contributed by atoms with Crippen LogP contribution in [0.5, 0.6) is 0 Å². The van der Waals surface area contributed by atoms with Crippen molar-refractivity contribution in [1.82, 2.24) is 14.5 Å². The van der Waals surface area contributed by atoms with Gasteiger partial charge < -0.3 is 0 Å². The van der Waals surface area contributed by atoms with Gasteiger partial charge in [-0.1, -0.05) is 91.0 Å². The van der Waals surface area contributed by atoms with Crippen LogP contribution in [0.25, 0.3) is 69.8 Å². The second-order valence-corrected chi connectivity index (χ2v) is 10.1. The van der Waals surface area contributed by atoms with Crippen LogP contribution >= 0.6 is 11.3 Å². The second-order valence-electron chi connectivity index (χ2n) is 9.06. The van der Waals surface area contributed by atoms with Gasteiger partial charge in [0.2, 0.25) is 5.95 Å². The van der Waals surface area contributed by atoms with Crippen molar-refractivity contribution in [2.45, 2.75) is 0 Å². The Balaban J connectivity index is 1.57. The SMILES string of the molecule is c1ccc(-c2cnc(-n3c4ccccc4c4c5ccccc5c5sc6ccccc6c5c43)nc2)cc1. The maximum Gasteiger partial charge on any atom is 0.234 e. The van der Waals surface area contributed by atoms with E-state index in [1.807, 2.05) is 41.9 Å². The van der Waals surface area contributed by atoms with E-state index in [2.05, 4.69) is 89.5 Å². The van der Waals surface area contributed by atoms with E-state index < -0.39 is 0 Å². The molecular weight excluding hydrogens is 458 g/mol. The van der Waals surface area contributed by atoms with Crippen molar-refractivity contribution in [3.05, 3.63) is 116 Å². The molecule has 3 heterocycles. The Hall–Kier alpha value is -4.54. The summed E-state index contributed by atoms with van der Waals surface area (Å²) in [5.41, 5.74) is 4.42. The van der Waals surface area contributed by atoms with Crippen molar-refractivity contribution in [2.75, 3.05) is 0 Å². The van der Waals surface area contributed by atoms with Gasteiger partial charge >= 0.3 is 0 Å². The van der Waals surface area contributed by atoms with Crippen LogP contribution in [-0.4, -0.2) is 14.5 Å². The third-order valence-electron chi connectivity index (χ3n) is 7.09. The molecule has 0 N–H and O–H groups in total. The lowest BCUT2D eigenvalue weighted by Gasteiger charge is -2.09. The second kappa shape index (κ2) is 7.48. The minimum Gasteiger partial charge on any atom is -0.277 e. The number of hydrogen-bond donors (Lipinski definition) is 0. The third kappa shape index (κ3) is 2.67. The number of nitrogens with zero attached hydrogens (tertiary/aromatic N) is 3. The van der Waals surface area contributed by atoms with Gasteiger partial charge in [0.05, 0.1) is 11.0 Å². The zero-order valence-corrected chi connectivity index (χ0v) is 20.0. The van der Waals surface area contributed by atoms with Crippen molar-refractivity contribution < 1.29 is 0 Å². The lowest BCUT2D eigenvalue weighted by Crippen LogP contribution is -2.01. The Bertz CT molecular complexity index is 2080. The van der Waals surface area contributed by atoms with Gasteiger partial charge in [0.15, 0.2) is 0 Å². The van der Waals surface area contributed by atoms with E-state index in [-0.39, 0.29) is 0 Å². The summed E-state index contributed by atoms with van der Waals surface area (Å²) in [5.74, 6) is 0.688. The Morgan fingerprint density at radius 3 is 1.97 bits per heavy atom. The molecule has 0 spiro atoms. The fraction of sp³-hybridized carbons (Fsp3) is 0. The summed E-state index contributed by atoms with van der Waals surface area (Å²) in [6.45, 7) is 0. The predicted octanol–water partition coefficient (Wildman–Crippen LogP) is 8.76. The largest absolute Gasteiger partial charge is 0.277 e. The fourth-order valence-corrected chi connectivity index (χ4v) is 6.79. The maximum atomic E-state index is 4.90. The van der Waals surface area contributed by atoms with Gasteiger partial charge in [-0.2, -0.15) is 0 Å². The molecule has 8 aromatic rings. The molecule has 168 valence electrons. The number of hydrogen-bond acceptors (Lipinski definition) is 3. The molecule has 36 heavy (non-hydrogen) atoms. The minimum absolute atomic E-state index is 0.688. The topological polar surface area (TPSA) is 30.7 Å². The molecule has 0 saturated carbocycles. The first-order valence-corrected chi connectivity index (χ1v) is 12.8. The van der Waals surface area contributed by atoms with Crippen molar-refractivity contribution in [3.63, 3.8) is 0 Å². The molecular formula is C32H19N3S. The molecule has 8 rings (SSSR count). The van der Waals surface area contributed by atoms with E-state index in [9.17, 15) is 0 Å². The van der Waals surface area contributed by atoms with Crippen LogP contribution in [0.3, 0.4) is 0 Å². The molecule has 0 bridgehead atoms. The lowest BCUT2D eigenvalue weighted by atomic mass is 10.00. The minimum atomic E-state index is 0.688. The van der Waals surface area contributed by atoms with E-state index in [1.54, 1.807) is 0 Å². The summed E-state index contributed by atoms with van der Waals surface area (Å²) in [7, 11) is 0. The van der Waals surface area contributed by atoms with Gasteiger partial charge in [-0.05, 0) is 23.1 Å². The molecule has 3 aromatic heterocycles. The molecule has 0 amide bonds. The van der Waals surface area contributed by atoms with Crippen molar-refractivity contribution in [3.8, 4) is 17.1 Å². The molecule has 3 nitrogen and oxygen atoms in total. The normalized spacial score (nSPS) is 11.9. The average Bonchev–Trinajstić information content (AvgIpc) is 3.50. The standard InChI is InChI=1S/C32H19N3S/c1-2-10-20(11-3-1)21-18-33-32(34-19-21)35-26-16-8-6-14-24(26)28-22-12-4-5-13-23(22)31-29(30(28)35)25-15-7-9-17-27(25)36-31/h1-19H. The van der Waals surface area contributed by atoms with Gasteiger partial charge in [-0.3, -0.25) is 4.57 Å². The van der Waals surface area contributed by atoms with E-state index in [1.165, 1.54) is 47.2 Å². The summed E-state index contributed by atoms with van der Waals surface area (Å²) in [4.78, 5) is 9.81. The molecule has 0 radical (unpaired) electrons. The molecule has 0 atom stereocenters. The predicted molar refractivity (Wildman–Crippen MR) is 152 cm³/mol. The van der Waals surface area contributed by atoms with Crippen LogP contribution in [0.2, 0.25) is 0 Å². The third-order valence-corrected chi connectivity index (χ3v) is 8.30. The zero-order valence-electron chi connectivity index (χ0n) is 19.2. The molecule has 0 unspecified atom stereocenters. The number of benzene rings is 5. The van der Waals surface area contributed by atoms with E-state index in [0.717, 1.165) is 16.6 Å². The van der Waals surface area contributed by atoms with E-state index in [0.29, 0.717) is 5.95 Å². The molecule has 0 aliphatic carbocycles. The summed E-state index contributed by atoms with van der Waals surface area (Å²) in [6.07, 6.45) is 3.87. The highest BCUT2D eigenvalue weighted by Crippen LogP contribution is 2.47. The molecule has 0 aliphatic rings. The number of para-hydroxylation sites is 1. The molecule has 5 aromatic carbocycles. The number of fused-ring (bicyclic) bond motifs is 10. The maximum absolute atomic E-state index is 4.90. The van der Waals surface area contributed by atoms with E-state index in [4.69, 9.17) is 9.97 Å². The molecule has 0 aliphatic heterocycles. The molecule has 0 saturated heterocycles. The molecule has 4 heteroatoms. The summed E-state index contributed by atoms with van der Waals surface area (Å²) < 4.78 is 4.86. The van der Waals surface area contributed by atoms with Gasteiger partial charge in [0.1, 0.15) is 0 Å². The summed E-state index contributed by atoms with van der Waals surface area (Å²) in [5, 5.41) is 7.59. The summed E-state index contributed by atoms with van der Waals surface area (Å²) in [6, 6.07) is 36.4. The Morgan fingerprint density at radius 1 is 0.528 bits per heavy atom. The van der Waals surface area contributed by atoms with Crippen LogP contribution in [0, 0.1) is 0 Å². The zero-order chi connectivity index (χ0) is 23.6. The van der Waals surface area contributed by atoms with Crippen LogP contribution in [-0.2, 0) is 0 Å². The number of rotatable bonds is 2. The van der Waals surface area contributed by atoms with Crippen molar-refractivity contribution in [1.29, 1.82) is 0 Å². The van der Waals surface area contributed by atoms with Crippen LogP contribution in [0.1, 0.15) is 0 Å². The quantitative estimate of drug-likeness (QED) is 0.249. The first kappa shape index (κ1) is 19.7. The Kier molecular flexibility index (Phi) is 4.10. The fourth-order valence-electron chi connectivity index (χ4n) is 5.54. The Morgan fingerprint density at radius 2 is 1.17 bits per heavy atom. The Labute approximate surface area is 210 Å². The lowest BCUT2D eigenvalue weighted by molar-refractivity contribution is 0.993. The smallest absolute Gasteiger partial charge is 0.234 e. The van der Waals surface area contributed by atoms with Crippen LogP contribution in [0.4, 0.5) is 0 Å². The first-order valence-electron chi connectivity index (χ1n) is 12.0.